The van der Waals surface area contributed by atoms with Crippen LogP contribution in [-0.2, 0) is 14.2 Å². The summed E-state index contributed by atoms with van der Waals surface area (Å²) in [6, 6.07) is 0.375. The maximum atomic E-state index is 6.51. The molecule has 4 rings (SSSR count). The second kappa shape index (κ2) is 3.92. The molecule has 1 heterocycles. The van der Waals surface area contributed by atoms with Gasteiger partial charge >= 0.3 is 0 Å². The molecule has 0 amide bonds. The van der Waals surface area contributed by atoms with E-state index in [-0.39, 0.29) is 12.2 Å². The summed E-state index contributed by atoms with van der Waals surface area (Å²) >= 11 is 0. The van der Waals surface area contributed by atoms with Crippen molar-refractivity contribution in [3.63, 3.8) is 0 Å². The van der Waals surface area contributed by atoms with Crippen LogP contribution in [-0.4, -0.2) is 31.3 Å². The van der Waals surface area contributed by atoms with Crippen molar-refractivity contribution in [3.8, 4) is 0 Å². The lowest BCUT2D eigenvalue weighted by atomic mass is 9.69. The molecule has 0 aromatic heterocycles. The lowest BCUT2D eigenvalue weighted by Crippen LogP contribution is -2.45. The molecule has 102 valence electrons. The van der Waals surface area contributed by atoms with Gasteiger partial charge in [0.05, 0.1) is 12.2 Å². The van der Waals surface area contributed by atoms with Gasteiger partial charge in [0.25, 0.3) is 6.48 Å². The van der Waals surface area contributed by atoms with Crippen LogP contribution in [0.3, 0.4) is 0 Å². The fourth-order valence-corrected chi connectivity index (χ4v) is 5.11. The van der Waals surface area contributed by atoms with E-state index in [0.29, 0.717) is 18.1 Å². The van der Waals surface area contributed by atoms with Crippen molar-refractivity contribution in [1.82, 2.24) is 0 Å². The van der Waals surface area contributed by atoms with Crippen LogP contribution in [0.1, 0.15) is 39.0 Å². The summed E-state index contributed by atoms with van der Waals surface area (Å²) in [6.07, 6.45) is 6.65. The third-order valence-corrected chi connectivity index (χ3v) is 5.91. The molecule has 0 radical (unpaired) electrons. The molecule has 1 aliphatic heterocycles. The molecule has 2 bridgehead atoms. The minimum Gasteiger partial charge on any atom is -0.330 e. The standard InChI is InChI=1S/C14H23NO3/c1-2-16-13-17-10-6-14(7-11(10)18-13)9-4-3-8(5-9)12(14)15/h8-13H,2-7,15H2,1H3/t8?,9?,10-,11?,12?,13-,14+/m1/s1. The first-order chi connectivity index (χ1) is 8.73. The van der Waals surface area contributed by atoms with E-state index < -0.39 is 6.48 Å². The monoisotopic (exact) mass is 253 g/mol. The number of nitrogens with two attached hydrogens (primary N) is 1. The predicted octanol–water partition coefficient (Wildman–Crippen LogP) is 1.63. The van der Waals surface area contributed by atoms with E-state index in [2.05, 4.69) is 0 Å². The third kappa shape index (κ3) is 1.40. The zero-order chi connectivity index (χ0) is 12.3. The van der Waals surface area contributed by atoms with Gasteiger partial charge in [0.1, 0.15) is 0 Å². The molecule has 4 nitrogen and oxygen atoms in total. The Morgan fingerprint density at radius 2 is 1.94 bits per heavy atom. The van der Waals surface area contributed by atoms with E-state index in [1.807, 2.05) is 6.92 Å². The molecule has 4 unspecified atom stereocenters. The van der Waals surface area contributed by atoms with E-state index in [1.165, 1.54) is 19.3 Å². The Balaban J connectivity index is 1.50. The summed E-state index contributed by atoms with van der Waals surface area (Å²) in [5.41, 5.74) is 6.83. The Bertz CT molecular complexity index is 330. The molecule has 7 atom stereocenters. The van der Waals surface area contributed by atoms with Gasteiger partial charge < -0.3 is 19.9 Å². The van der Waals surface area contributed by atoms with Crippen LogP contribution >= 0.6 is 0 Å². The summed E-state index contributed by atoms with van der Waals surface area (Å²) in [6.45, 7) is 2.17. The summed E-state index contributed by atoms with van der Waals surface area (Å²) in [5.74, 6) is 1.58. The Labute approximate surface area is 108 Å². The average Bonchev–Trinajstić information content (AvgIpc) is 3.02. The van der Waals surface area contributed by atoms with Crippen LogP contribution in [0.5, 0.6) is 0 Å². The van der Waals surface area contributed by atoms with E-state index in [4.69, 9.17) is 19.9 Å². The van der Waals surface area contributed by atoms with Crippen molar-refractivity contribution >= 4 is 0 Å². The van der Waals surface area contributed by atoms with Crippen LogP contribution in [0.15, 0.2) is 0 Å². The zero-order valence-electron chi connectivity index (χ0n) is 11.0. The van der Waals surface area contributed by atoms with E-state index in [9.17, 15) is 0 Å². The van der Waals surface area contributed by atoms with Crippen molar-refractivity contribution in [3.05, 3.63) is 0 Å². The minimum absolute atomic E-state index is 0.215. The summed E-state index contributed by atoms with van der Waals surface area (Å²) in [5, 5.41) is 0. The first-order valence-electron chi connectivity index (χ1n) is 7.41. The molecule has 18 heavy (non-hydrogen) atoms. The van der Waals surface area contributed by atoms with Crippen LogP contribution < -0.4 is 5.73 Å². The van der Waals surface area contributed by atoms with Crippen molar-refractivity contribution in [2.24, 2.45) is 23.0 Å². The quantitative estimate of drug-likeness (QED) is 0.812. The highest BCUT2D eigenvalue weighted by Gasteiger charge is 2.63. The topological polar surface area (TPSA) is 53.7 Å². The highest BCUT2D eigenvalue weighted by molar-refractivity contribution is 5.14. The highest BCUT2D eigenvalue weighted by Crippen LogP contribution is 2.63. The van der Waals surface area contributed by atoms with Gasteiger partial charge in [-0.05, 0) is 56.3 Å². The maximum absolute atomic E-state index is 6.51. The molecular formula is C14H23NO3. The first kappa shape index (κ1) is 11.6. The lowest BCUT2D eigenvalue weighted by Gasteiger charge is -2.40. The summed E-state index contributed by atoms with van der Waals surface area (Å²) in [7, 11) is 0. The first-order valence-corrected chi connectivity index (χ1v) is 7.41. The number of hydrogen-bond donors (Lipinski definition) is 1. The van der Waals surface area contributed by atoms with Gasteiger partial charge in [0.2, 0.25) is 0 Å². The van der Waals surface area contributed by atoms with E-state index in [1.54, 1.807) is 0 Å². The highest BCUT2D eigenvalue weighted by atomic mass is 16.9. The molecule has 3 saturated carbocycles. The molecule has 0 aromatic rings. The predicted molar refractivity (Wildman–Crippen MR) is 65.6 cm³/mol. The molecule has 4 fully saturated rings. The third-order valence-electron chi connectivity index (χ3n) is 5.91. The summed E-state index contributed by atoms with van der Waals surface area (Å²) in [4.78, 5) is 0. The lowest BCUT2D eigenvalue weighted by molar-refractivity contribution is -0.247. The van der Waals surface area contributed by atoms with Crippen LogP contribution in [0.2, 0.25) is 0 Å². The van der Waals surface area contributed by atoms with Crippen molar-refractivity contribution in [2.75, 3.05) is 6.61 Å². The second-order valence-corrected chi connectivity index (χ2v) is 6.53. The zero-order valence-corrected chi connectivity index (χ0v) is 11.0. The Kier molecular flexibility index (Phi) is 2.54. The van der Waals surface area contributed by atoms with Crippen molar-refractivity contribution in [2.45, 2.75) is 63.8 Å². The molecule has 2 N–H and O–H groups in total. The number of ether oxygens (including phenoxy) is 3. The smallest absolute Gasteiger partial charge is 0.272 e. The Hall–Kier alpha value is -0.160. The SMILES string of the molecule is CCO[C@H]1OC2C[C@@]3(C[C@H]2O1)C1CCC(C1)C3N. The van der Waals surface area contributed by atoms with E-state index in [0.717, 1.165) is 24.7 Å². The molecule has 1 saturated heterocycles. The van der Waals surface area contributed by atoms with Gasteiger partial charge in [-0.25, -0.2) is 0 Å². The molecular weight excluding hydrogens is 230 g/mol. The van der Waals surface area contributed by atoms with Crippen LogP contribution in [0, 0.1) is 17.3 Å². The fraction of sp³-hybridized carbons (Fsp3) is 1.00. The summed E-state index contributed by atoms with van der Waals surface area (Å²) < 4.78 is 17.1. The minimum atomic E-state index is -0.433. The van der Waals surface area contributed by atoms with E-state index >= 15 is 0 Å². The largest absolute Gasteiger partial charge is 0.330 e. The fourth-order valence-electron chi connectivity index (χ4n) is 5.11. The van der Waals surface area contributed by atoms with Crippen molar-refractivity contribution in [1.29, 1.82) is 0 Å². The Morgan fingerprint density at radius 3 is 2.50 bits per heavy atom. The van der Waals surface area contributed by atoms with Crippen LogP contribution in [0.25, 0.3) is 0 Å². The second-order valence-electron chi connectivity index (χ2n) is 6.53. The normalized spacial score (nSPS) is 57.7. The van der Waals surface area contributed by atoms with Gasteiger partial charge in [0, 0.05) is 12.6 Å². The molecule has 1 spiro atoms. The molecule has 3 aliphatic carbocycles. The molecule has 4 heteroatoms. The van der Waals surface area contributed by atoms with Gasteiger partial charge in [-0.3, -0.25) is 0 Å². The number of hydrogen-bond acceptors (Lipinski definition) is 4. The van der Waals surface area contributed by atoms with Crippen molar-refractivity contribution < 1.29 is 14.2 Å². The number of fused-ring (bicyclic) bond motifs is 4. The van der Waals surface area contributed by atoms with Gasteiger partial charge in [-0.1, -0.05) is 0 Å². The molecule has 0 aromatic carbocycles. The van der Waals surface area contributed by atoms with Gasteiger partial charge in [-0.2, -0.15) is 0 Å². The number of rotatable bonds is 2. The van der Waals surface area contributed by atoms with Crippen LogP contribution in [0.4, 0.5) is 0 Å². The Morgan fingerprint density at radius 1 is 1.22 bits per heavy atom. The van der Waals surface area contributed by atoms with Gasteiger partial charge in [0.15, 0.2) is 0 Å². The maximum Gasteiger partial charge on any atom is 0.272 e. The van der Waals surface area contributed by atoms with Gasteiger partial charge in [-0.15, -0.1) is 0 Å². The average molecular weight is 253 g/mol. The molecule has 4 aliphatic rings.